The fourth-order valence-electron chi connectivity index (χ4n) is 3.01. The summed E-state index contributed by atoms with van der Waals surface area (Å²) < 4.78 is 23.5. The molecule has 0 saturated carbocycles. The van der Waals surface area contributed by atoms with E-state index >= 15 is 0 Å². The molecule has 0 bridgehead atoms. The second-order valence-electron chi connectivity index (χ2n) is 6.36. The van der Waals surface area contributed by atoms with Crippen molar-refractivity contribution in [3.05, 3.63) is 63.9 Å². The molecule has 138 valence electrons. The Morgan fingerprint density at radius 2 is 1.96 bits per heavy atom. The smallest absolute Gasteiger partial charge is 0.227 e. The van der Waals surface area contributed by atoms with Crippen molar-refractivity contribution < 1.29 is 13.2 Å². The third kappa shape index (κ3) is 4.75. The van der Waals surface area contributed by atoms with E-state index in [1.165, 1.54) is 0 Å². The Morgan fingerprint density at radius 1 is 1.15 bits per heavy atom. The first kappa shape index (κ1) is 19.1. The molecule has 0 aliphatic carbocycles. The first-order chi connectivity index (χ1) is 12.3. The summed E-state index contributed by atoms with van der Waals surface area (Å²) in [5.41, 5.74) is 1.56. The zero-order valence-electron chi connectivity index (χ0n) is 13.9. The van der Waals surface area contributed by atoms with Gasteiger partial charge in [0.25, 0.3) is 0 Å². The first-order valence-electron chi connectivity index (χ1n) is 8.17. The highest BCUT2D eigenvalue weighted by Crippen LogP contribution is 2.26. The molecule has 1 aromatic heterocycles. The number of benzene rings is 1. The van der Waals surface area contributed by atoms with Gasteiger partial charge in [-0.2, -0.15) is 0 Å². The van der Waals surface area contributed by atoms with Crippen LogP contribution in [0.2, 0.25) is 10.0 Å². The summed E-state index contributed by atoms with van der Waals surface area (Å²) in [6, 6.07) is 10.7. The van der Waals surface area contributed by atoms with E-state index in [0.717, 1.165) is 11.3 Å². The average molecular weight is 413 g/mol. The molecule has 1 aliphatic rings. The number of hydrogen-bond acceptors (Lipinski definition) is 4. The van der Waals surface area contributed by atoms with Crippen LogP contribution >= 0.6 is 23.2 Å². The lowest BCUT2D eigenvalue weighted by molar-refractivity contribution is -0.136. The molecule has 0 unspecified atom stereocenters. The third-order valence-corrected chi connectivity index (χ3v) is 6.84. The number of amides is 1. The van der Waals surface area contributed by atoms with Gasteiger partial charge >= 0.3 is 0 Å². The molecule has 1 aromatic carbocycles. The van der Waals surface area contributed by atoms with E-state index in [1.54, 1.807) is 35.4 Å². The highest BCUT2D eigenvalue weighted by Gasteiger charge is 2.35. The predicted octanol–water partition coefficient (Wildman–Crippen LogP) is 3.35. The zero-order valence-corrected chi connectivity index (χ0v) is 16.3. The molecule has 2 aromatic rings. The number of nitrogens with zero attached hydrogens (tertiary/aromatic N) is 2. The Kier molecular flexibility index (Phi) is 5.85. The van der Waals surface area contributed by atoms with Gasteiger partial charge < -0.3 is 4.90 Å². The monoisotopic (exact) mass is 412 g/mol. The summed E-state index contributed by atoms with van der Waals surface area (Å²) in [4.78, 5) is 18.9. The Morgan fingerprint density at radius 3 is 2.58 bits per heavy atom. The van der Waals surface area contributed by atoms with Crippen LogP contribution in [0.5, 0.6) is 0 Å². The SMILES string of the molecule is O=C([C@@H]1CCS(=O)(=O)C1)N(Cc1ccc(Cl)c(Cl)c1)Cc1ccccn1. The van der Waals surface area contributed by atoms with Crippen LogP contribution < -0.4 is 0 Å². The van der Waals surface area contributed by atoms with Crippen LogP contribution in [0.15, 0.2) is 42.6 Å². The number of carbonyl (C=O) groups is 1. The van der Waals surface area contributed by atoms with Crippen molar-refractivity contribution in [3.63, 3.8) is 0 Å². The lowest BCUT2D eigenvalue weighted by atomic mass is 10.1. The van der Waals surface area contributed by atoms with Gasteiger partial charge in [-0.3, -0.25) is 9.78 Å². The van der Waals surface area contributed by atoms with Crippen molar-refractivity contribution in [3.8, 4) is 0 Å². The normalized spacial score (nSPS) is 18.6. The summed E-state index contributed by atoms with van der Waals surface area (Å²) in [5, 5.41) is 0.859. The second kappa shape index (κ2) is 7.94. The van der Waals surface area contributed by atoms with Gasteiger partial charge in [-0.25, -0.2) is 8.42 Å². The van der Waals surface area contributed by atoms with Crippen LogP contribution in [-0.4, -0.2) is 35.7 Å². The molecule has 0 radical (unpaired) electrons. The Labute approximate surface area is 162 Å². The first-order valence-corrected chi connectivity index (χ1v) is 10.7. The minimum atomic E-state index is -3.13. The van der Waals surface area contributed by atoms with Gasteiger partial charge in [0, 0.05) is 12.7 Å². The van der Waals surface area contributed by atoms with Crippen molar-refractivity contribution in [1.29, 1.82) is 0 Å². The quantitative estimate of drug-likeness (QED) is 0.754. The molecule has 0 N–H and O–H groups in total. The van der Waals surface area contributed by atoms with Gasteiger partial charge in [-0.05, 0) is 36.2 Å². The number of rotatable bonds is 5. The summed E-state index contributed by atoms with van der Waals surface area (Å²) in [5.74, 6) is -0.714. The molecule has 26 heavy (non-hydrogen) atoms. The number of carbonyl (C=O) groups excluding carboxylic acids is 1. The Bertz CT molecular complexity index is 904. The summed E-state index contributed by atoms with van der Waals surface area (Å²) in [6.45, 7) is 0.610. The van der Waals surface area contributed by atoms with E-state index in [2.05, 4.69) is 4.98 Å². The van der Waals surface area contributed by atoms with Gasteiger partial charge in [0.1, 0.15) is 0 Å². The van der Waals surface area contributed by atoms with Gasteiger partial charge in [0.2, 0.25) is 5.91 Å². The van der Waals surface area contributed by atoms with Gasteiger partial charge in [0.15, 0.2) is 9.84 Å². The number of halogens is 2. The van der Waals surface area contributed by atoms with Crippen LogP contribution in [0.25, 0.3) is 0 Å². The van der Waals surface area contributed by atoms with E-state index in [9.17, 15) is 13.2 Å². The molecule has 1 aliphatic heterocycles. The largest absolute Gasteiger partial charge is 0.332 e. The third-order valence-electron chi connectivity index (χ3n) is 4.33. The second-order valence-corrected chi connectivity index (χ2v) is 9.41. The van der Waals surface area contributed by atoms with E-state index in [4.69, 9.17) is 23.2 Å². The number of hydrogen-bond donors (Lipinski definition) is 0. The van der Waals surface area contributed by atoms with E-state index in [-0.39, 0.29) is 17.4 Å². The molecule has 1 fully saturated rings. The van der Waals surface area contributed by atoms with Crippen molar-refractivity contribution in [1.82, 2.24) is 9.88 Å². The average Bonchev–Trinajstić information content (AvgIpc) is 2.98. The fourth-order valence-corrected chi connectivity index (χ4v) is 5.06. The van der Waals surface area contributed by atoms with Gasteiger partial charge in [-0.15, -0.1) is 0 Å². The minimum Gasteiger partial charge on any atom is -0.332 e. The van der Waals surface area contributed by atoms with Crippen molar-refractivity contribution in [2.45, 2.75) is 19.5 Å². The van der Waals surface area contributed by atoms with Crippen LogP contribution in [0.4, 0.5) is 0 Å². The van der Waals surface area contributed by atoms with Crippen molar-refractivity contribution >= 4 is 38.9 Å². The van der Waals surface area contributed by atoms with E-state index in [0.29, 0.717) is 29.6 Å². The molecule has 1 atom stereocenters. The predicted molar refractivity (Wildman–Crippen MR) is 102 cm³/mol. The maximum atomic E-state index is 13.0. The van der Waals surface area contributed by atoms with E-state index in [1.807, 2.05) is 12.1 Å². The molecule has 3 rings (SSSR count). The van der Waals surface area contributed by atoms with Crippen LogP contribution in [0, 0.1) is 5.92 Å². The summed E-state index contributed by atoms with van der Waals surface area (Å²) in [6.07, 6.45) is 2.03. The lowest BCUT2D eigenvalue weighted by Crippen LogP contribution is -2.36. The molecule has 5 nitrogen and oxygen atoms in total. The van der Waals surface area contributed by atoms with Crippen molar-refractivity contribution in [2.75, 3.05) is 11.5 Å². The molecule has 0 spiro atoms. The zero-order chi connectivity index (χ0) is 18.7. The lowest BCUT2D eigenvalue weighted by Gasteiger charge is -2.25. The topological polar surface area (TPSA) is 67.3 Å². The van der Waals surface area contributed by atoms with Crippen LogP contribution in [0.1, 0.15) is 17.7 Å². The highest BCUT2D eigenvalue weighted by atomic mass is 35.5. The standard InChI is InChI=1S/C18H18Cl2N2O3S/c19-16-5-4-13(9-17(16)20)10-22(11-15-3-1-2-7-21-15)18(23)14-6-8-26(24,25)12-14/h1-5,7,9,14H,6,8,10-12H2/t14-/m1/s1. The minimum absolute atomic E-state index is 0.0631. The highest BCUT2D eigenvalue weighted by molar-refractivity contribution is 7.91. The van der Waals surface area contributed by atoms with Crippen LogP contribution in [0.3, 0.4) is 0 Å². The maximum absolute atomic E-state index is 13.0. The Balaban J connectivity index is 1.83. The number of aromatic nitrogens is 1. The van der Waals surface area contributed by atoms with Gasteiger partial charge in [0.05, 0.1) is 39.7 Å². The summed E-state index contributed by atoms with van der Waals surface area (Å²) in [7, 11) is -3.13. The van der Waals surface area contributed by atoms with Gasteiger partial charge in [-0.1, -0.05) is 35.3 Å². The number of sulfone groups is 1. The summed E-state index contributed by atoms with van der Waals surface area (Å²) >= 11 is 12.0. The van der Waals surface area contributed by atoms with Crippen molar-refractivity contribution in [2.24, 2.45) is 5.92 Å². The van der Waals surface area contributed by atoms with Crippen LogP contribution in [-0.2, 0) is 27.7 Å². The molecular formula is C18H18Cl2N2O3S. The maximum Gasteiger partial charge on any atom is 0.227 e. The molecule has 1 amide bonds. The van der Waals surface area contributed by atoms with E-state index < -0.39 is 15.8 Å². The number of pyridine rings is 1. The molecule has 2 heterocycles. The molecular weight excluding hydrogens is 395 g/mol. The molecule has 1 saturated heterocycles. The Hall–Kier alpha value is -1.63. The fraction of sp³-hybridized carbons (Fsp3) is 0.333. The molecule has 8 heteroatoms.